The minimum absolute atomic E-state index is 0.601. The fourth-order valence-corrected chi connectivity index (χ4v) is 3.24. The van der Waals surface area contributed by atoms with Crippen LogP contribution >= 0.6 is 23.2 Å². The summed E-state index contributed by atoms with van der Waals surface area (Å²) in [5.41, 5.74) is 6.19. The summed E-state index contributed by atoms with van der Waals surface area (Å²) in [4.78, 5) is 2.21. The largest absolute Gasteiger partial charge is 0.369 e. The molecule has 0 bridgehead atoms. The van der Waals surface area contributed by atoms with Gasteiger partial charge in [0.15, 0.2) is 0 Å². The second-order valence-electron chi connectivity index (χ2n) is 5.48. The van der Waals surface area contributed by atoms with E-state index in [1.165, 1.54) is 22.3 Å². The van der Waals surface area contributed by atoms with Gasteiger partial charge in [0.25, 0.3) is 0 Å². The monoisotopic (exact) mass is 343 g/mol. The number of fused-ring (bicyclic) bond motifs is 1. The van der Waals surface area contributed by atoms with Crippen LogP contribution in [0, 0.1) is 0 Å². The molecule has 0 N–H and O–H groups in total. The van der Waals surface area contributed by atoms with Gasteiger partial charge >= 0.3 is 0 Å². The Kier molecular flexibility index (Phi) is 5.43. The molecule has 0 fully saturated rings. The van der Waals surface area contributed by atoms with Crippen LogP contribution < -0.4 is 4.90 Å². The molecule has 0 aromatic heterocycles. The lowest BCUT2D eigenvalue weighted by atomic mass is 10.0. The minimum atomic E-state index is 0.601. The quantitative estimate of drug-likeness (QED) is 0.622. The molecule has 0 heterocycles. The Morgan fingerprint density at radius 3 is 2.22 bits per heavy atom. The highest BCUT2D eigenvalue weighted by Crippen LogP contribution is 2.30. The third-order valence-corrected chi connectivity index (χ3v) is 4.34. The van der Waals surface area contributed by atoms with Crippen LogP contribution in [0.5, 0.6) is 0 Å². The van der Waals surface area contributed by atoms with Crippen molar-refractivity contribution in [2.24, 2.45) is 0 Å². The molecule has 2 aromatic carbocycles. The first-order chi connectivity index (χ1) is 11.3. The third kappa shape index (κ3) is 3.80. The highest BCUT2D eigenvalue weighted by Gasteiger charge is 2.09. The summed E-state index contributed by atoms with van der Waals surface area (Å²) in [6.45, 7) is 1.62. The zero-order valence-corrected chi connectivity index (χ0v) is 14.4. The van der Waals surface area contributed by atoms with Crippen LogP contribution in [0.1, 0.15) is 16.7 Å². The summed E-state index contributed by atoms with van der Waals surface area (Å²) in [6, 6.07) is 17.0. The molecule has 23 heavy (non-hydrogen) atoms. The van der Waals surface area contributed by atoms with Gasteiger partial charge in [-0.15, -0.1) is 23.2 Å². The van der Waals surface area contributed by atoms with Crippen molar-refractivity contribution in [2.75, 3.05) is 29.7 Å². The highest BCUT2D eigenvalue weighted by molar-refractivity contribution is 6.18. The molecule has 3 heteroatoms. The summed E-state index contributed by atoms with van der Waals surface area (Å²) in [5, 5.41) is 0. The van der Waals surface area contributed by atoms with Crippen molar-refractivity contribution < 1.29 is 0 Å². The zero-order chi connectivity index (χ0) is 16.1. The van der Waals surface area contributed by atoms with E-state index in [1.807, 2.05) is 0 Å². The van der Waals surface area contributed by atoms with Gasteiger partial charge in [0.1, 0.15) is 0 Å². The molecule has 0 unspecified atom stereocenters. The van der Waals surface area contributed by atoms with E-state index >= 15 is 0 Å². The number of hydrogen-bond acceptors (Lipinski definition) is 1. The molecule has 0 amide bonds. The molecule has 1 nitrogen and oxygen atoms in total. The van der Waals surface area contributed by atoms with Crippen molar-refractivity contribution in [1.29, 1.82) is 0 Å². The molecule has 2 aromatic rings. The van der Waals surface area contributed by atoms with Crippen molar-refractivity contribution in [2.45, 2.75) is 0 Å². The average Bonchev–Trinajstić information content (AvgIpc) is 2.99. The Morgan fingerprint density at radius 2 is 1.52 bits per heavy atom. The summed E-state index contributed by atoms with van der Waals surface area (Å²) in [7, 11) is 0. The molecular formula is C20H19Cl2N. The molecule has 1 aliphatic rings. The lowest BCUT2D eigenvalue weighted by Crippen LogP contribution is -2.27. The van der Waals surface area contributed by atoms with E-state index in [0.717, 1.165) is 18.8 Å². The summed E-state index contributed by atoms with van der Waals surface area (Å²) >= 11 is 11.7. The van der Waals surface area contributed by atoms with E-state index in [0.29, 0.717) is 11.8 Å². The number of halogens is 2. The third-order valence-electron chi connectivity index (χ3n) is 4.00. The van der Waals surface area contributed by atoms with Gasteiger partial charge in [-0.25, -0.2) is 0 Å². The van der Waals surface area contributed by atoms with Gasteiger partial charge < -0.3 is 4.90 Å². The Bertz CT molecular complexity index is 711. The molecule has 0 atom stereocenters. The maximum Gasteiger partial charge on any atom is 0.0399 e. The van der Waals surface area contributed by atoms with Crippen LogP contribution in [0.4, 0.5) is 5.69 Å². The Morgan fingerprint density at radius 1 is 0.826 bits per heavy atom. The number of nitrogens with zero attached hydrogens (tertiary/aromatic N) is 1. The molecule has 3 rings (SSSR count). The van der Waals surface area contributed by atoms with E-state index < -0.39 is 0 Å². The number of allylic oxidation sites excluding steroid dienone is 2. The molecule has 0 spiro atoms. The highest BCUT2D eigenvalue weighted by atomic mass is 35.5. The molecule has 0 aliphatic heterocycles. The Balaban J connectivity index is 1.81. The maximum atomic E-state index is 5.87. The van der Waals surface area contributed by atoms with Gasteiger partial charge in [-0.3, -0.25) is 0 Å². The Labute approximate surface area is 147 Å². The predicted octanol–water partition coefficient (Wildman–Crippen LogP) is 5.54. The predicted molar refractivity (Wildman–Crippen MR) is 103 cm³/mol. The normalized spacial score (nSPS) is 14.3. The average molecular weight is 344 g/mol. The molecular weight excluding hydrogens is 325 g/mol. The van der Waals surface area contributed by atoms with Gasteiger partial charge in [-0.05, 0) is 40.5 Å². The first-order valence-electron chi connectivity index (χ1n) is 7.78. The first kappa shape index (κ1) is 16.2. The fraction of sp³-hybridized carbons (Fsp3) is 0.200. The van der Waals surface area contributed by atoms with Gasteiger partial charge in [0.2, 0.25) is 0 Å². The minimum Gasteiger partial charge on any atom is -0.369 e. The van der Waals surface area contributed by atoms with Crippen molar-refractivity contribution >= 4 is 46.6 Å². The number of alkyl halides is 2. The van der Waals surface area contributed by atoms with Crippen LogP contribution in [0.2, 0.25) is 0 Å². The summed E-state index contributed by atoms with van der Waals surface area (Å²) in [5.74, 6) is 1.20. The summed E-state index contributed by atoms with van der Waals surface area (Å²) < 4.78 is 0. The standard InChI is InChI=1S/C20H19Cl2N/c21-11-13-23(14-12-22)19-9-5-16(6-10-19)15-18-8-7-17-3-1-2-4-20(17)18/h1-10,15H,11-14H2/b18-15+. The van der Waals surface area contributed by atoms with Gasteiger partial charge in [-0.1, -0.05) is 48.6 Å². The summed E-state index contributed by atoms with van der Waals surface area (Å²) in [6.07, 6.45) is 6.56. The number of benzene rings is 2. The second-order valence-corrected chi connectivity index (χ2v) is 6.23. The molecule has 118 valence electrons. The number of anilines is 1. The molecule has 0 saturated carbocycles. The van der Waals surface area contributed by atoms with Crippen LogP contribution in [-0.2, 0) is 0 Å². The molecule has 0 saturated heterocycles. The van der Waals surface area contributed by atoms with E-state index in [2.05, 4.69) is 71.7 Å². The van der Waals surface area contributed by atoms with E-state index in [-0.39, 0.29) is 0 Å². The molecule has 0 radical (unpaired) electrons. The number of rotatable bonds is 6. The van der Waals surface area contributed by atoms with E-state index in [9.17, 15) is 0 Å². The Hall–Kier alpha value is -1.70. The van der Waals surface area contributed by atoms with Crippen LogP contribution in [0.3, 0.4) is 0 Å². The van der Waals surface area contributed by atoms with Crippen molar-refractivity contribution in [3.05, 3.63) is 71.3 Å². The molecule has 1 aliphatic carbocycles. The lowest BCUT2D eigenvalue weighted by Gasteiger charge is -2.22. The number of hydrogen-bond donors (Lipinski definition) is 0. The fourth-order valence-electron chi connectivity index (χ4n) is 2.84. The smallest absolute Gasteiger partial charge is 0.0399 e. The van der Waals surface area contributed by atoms with Crippen molar-refractivity contribution in [1.82, 2.24) is 0 Å². The van der Waals surface area contributed by atoms with Gasteiger partial charge in [0, 0.05) is 30.5 Å². The van der Waals surface area contributed by atoms with Crippen LogP contribution in [-0.4, -0.2) is 24.8 Å². The van der Waals surface area contributed by atoms with E-state index in [4.69, 9.17) is 23.2 Å². The van der Waals surface area contributed by atoms with Crippen molar-refractivity contribution in [3.8, 4) is 0 Å². The second kappa shape index (κ2) is 7.72. The topological polar surface area (TPSA) is 3.24 Å². The van der Waals surface area contributed by atoms with Gasteiger partial charge in [0.05, 0.1) is 0 Å². The maximum absolute atomic E-state index is 5.87. The zero-order valence-electron chi connectivity index (χ0n) is 12.9. The first-order valence-corrected chi connectivity index (χ1v) is 8.85. The van der Waals surface area contributed by atoms with Crippen LogP contribution in [0.25, 0.3) is 17.7 Å². The SMILES string of the molecule is ClCCN(CCCl)c1ccc(/C=C2\C=Cc3ccccc32)cc1. The van der Waals surface area contributed by atoms with Gasteiger partial charge in [-0.2, -0.15) is 0 Å². The lowest BCUT2D eigenvalue weighted by molar-refractivity contribution is 0.874. The van der Waals surface area contributed by atoms with Crippen LogP contribution in [0.15, 0.2) is 54.6 Å². The van der Waals surface area contributed by atoms with Crippen molar-refractivity contribution in [3.63, 3.8) is 0 Å². The van der Waals surface area contributed by atoms with E-state index in [1.54, 1.807) is 0 Å².